The van der Waals surface area contributed by atoms with Crippen molar-refractivity contribution in [2.75, 3.05) is 18.1 Å². The first-order valence-corrected chi connectivity index (χ1v) is 6.88. The number of nitrogens with two attached hydrogens (primary N) is 1. The fourth-order valence-electron chi connectivity index (χ4n) is 1.34. The van der Waals surface area contributed by atoms with E-state index in [0.29, 0.717) is 18.2 Å². The minimum Gasteiger partial charge on any atom is -0.391 e. The fourth-order valence-corrected chi connectivity index (χ4v) is 2.55. The molecule has 3 N–H and O–H groups in total. The molecule has 0 aromatic heterocycles. The van der Waals surface area contributed by atoms with Gasteiger partial charge in [0.05, 0.1) is 6.10 Å². The summed E-state index contributed by atoms with van der Waals surface area (Å²) in [5.41, 5.74) is 6.62. The second-order valence-corrected chi connectivity index (χ2v) is 5.39. The van der Waals surface area contributed by atoms with Gasteiger partial charge in [0.2, 0.25) is 0 Å². The highest BCUT2D eigenvalue weighted by Gasteiger charge is 2.07. The molecule has 0 fully saturated rings. The van der Waals surface area contributed by atoms with Crippen molar-refractivity contribution in [3.8, 4) is 0 Å². The number of hydrogen-bond acceptors (Lipinski definition) is 3. The van der Waals surface area contributed by atoms with Gasteiger partial charge in [-0.2, -0.15) is 11.8 Å². The van der Waals surface area contributed by atoms with Crippen molar-refractivity contribution < 1.29 is 5.11 Å². The second-order valence-electron chi connectivity index (χ2n) is 3.88. The van der Waals surface area contributed by atoms with Crippen molar-refractivity contribution in [3.63, 3.8) is 0 Å². The lowest BCUT2D eigenvalue weighted by Gasteiger charge is -2.13. The lowest BCUT2D eigenvalue weighted by atomic mass is 10.0. The fraction of sp³-hybridized carbons (Fsp3) is 0.500. The Labute approximate surface area is 106 Å². The van der Waals surface area contributed by atoms with Crippen LogP contribution in [0.25, 0.3) is 0 Å². The molecule has 0 aliphatic carbocycles. The van der Waals surface area contributed by atoms with Crippen LogP contribution < -0.4 is 5.73 Å². The Balaban J connectivity index is 2.35. The molecule has 0 saturated carbocycles. The van der Waals surface area contributed by atoms with E-state index < -0.39 is 0 Å². The molecule has 2 atom stereocenters. The van der Waals surface area contributed by atoms with Crippen molar-refractivity contribution >= 4 is 23.4 Å². The average molecular weight is 260 g/mol. The van der Waals surface area contributed by atoms with Crippen molar-refractivity contribution in [2.45, 2.75) is 18.9 Å². The quantitative estimate of drug-likeness (QED) is 0.825. The maximum absolute atomic E-state index is 9.31. The molecular formula is C12H18ClNOS. The van der Waals surface area contributed by atoms with Crippen LogP contribution in [0.2, 0.25) is 5.02 Å². The van der Waals surface area contributed by atoms with Crippen LogP contribution in [0.4, 0.5) is 0 Å². The molecule has 0 radical (unpaired) electrons. The number of thioether (sulfide) groups is 1. The molecule has 1 aromatic carbocycles. The normalized spacial score (nSPS) is 14.8. The molecule has 0 aliphatic heterocycles. The first kappa shape index (κ1) is 13.8. The van der Waals surface area contributed by atoms with Crippen LogP contribution >= 0.6 is 23.4 Å². The van der Waals surface area contributed by atoms with Gasteiger partial charge in [-0.1, -0.05) is 30.7 Å². The largest absolute Gasteiger partial charge is 0.391 e. The van der Waals surface area contributed by atoms with Gasteiger partial charge in [0, 0.05) is 17.3 Å². The molecule has 0 saturated heterocycles. The Morgan fingerprint density at radius 2 is 1.94 bits per heavy atom. The SMILES string of the molecule is CC(CSCC(O)CN)c1ccc(Cl)cc1. The number of halogens is 1. The summed E-state index contributed by atoms with van der Waals surface area (Å²) < 4.78 is 0. The van der Waals surface area contributed by atoms with Crippen molar-refractivity contribution in [2.24, 2.45) is 5.73 Å². The molecule has 0 heterocycles. The zero-order valence-corrected chi connectivity index (χ0v) is 11.0. The Kier molecular flexibility index (Phi) is 6.21. The van der Waals surface area contributed by atoms with Gasteiger partial charge in [-0.05, 0) is 29.4 Å². The summed E-state index contributed by atoms with van der Waals surface area (Å²) in [5, 5.41) is 10.1. The third kappa shape index (κ3) is 4.74. The van der Waals surface area contributed by atoms with E-state index in [9.17, 15) is 5.11 Å². The van der Waals surface area contributed by atoms with Gasteiger partial charge in [-0.25, -0.2) is 0 Å². The van der Waals surface area contributed by atoms with Crippen LogP contribution in [0.5, 0.6) is 0 Å². The Morgan fingerprint density at radius 1 is 1.31 bits per heavy atom. The lowest BCUT2D eigenvalue weighted by Crippen LogP contribution is -2.22. The molecule has 90 valence electrons. The van der Waals surface area contributed by atoms with Gasteiger partial charge >= 0.3 is 0 Å². The molecule has 1 aromatic rings. The summed E-state index contributed by atoms with van der Waals surface area (Å²) in [6, 6.07) is 7.92. The number of aliphatic hydroxyl groups is 1. The summed E-state index contributed by atoms with van der Waals surface area (Å²) in [6.45, 7) is 2.51. The van der Waals surface area contributed by atoms with Crippen LogP contribution in [-0.4, -0.2) is 29.3 Å². The van der Waals surface area contributed by atoms with E-state index in [2.05, 4.69) is 6.92 Å². The predicted octanol–water partition coefficient (Wildman–Crippen LogP) is 2.50. The van der Waals surface area contributed by atoms with E-state index in [1.54, 1.807) is 11.8 Å². The molecule has 1 rings (SSSR count). The second kappa shape index (κ2) is 7.17. The molecule has 2 unspecified atom stereocenters. The maximum Gasteiger partial charge on any atom is 0.0752 e. The third-order valence-electron chi connectivity index (χ3n) is 2.39. The van der Waals surface area contributed by atoms with Crippen LogP contribution in [0.15, 0.2) is 24.3 Å². The Morgan fingerprint density at radius 3 is 2.50 bits per heavy atom. The van der Waals surface area contributed by atoms with Gasteiger partial charge < -0.3 is 10.8 Å². The number of rotatable bonds is 6. The lowest BCUT2D eigenvalue weighted by molar-refractivity contribution is 0.208. The molecule has 0 spiro atoms. The van der Waals surface area contributed by atoms with Gasteiger partial charge in [0.25, 0.3) is 0 Å². The van der Waals surface area contributed by atoms with E-state index in [1.807, 2.05) is 24.3 Å². The van der Waals surface area contributed by atoms with E-state index in [4.69, 9.17) is 17.3 Å². The zero-order chi connectivity index (χ0) is 12.0. The maximum atomic E-state index is 9.31. The first-order chi connectivity index (χ1) is 7.63. The topological polar surface area (TPSA) is 46.2 Å². The van der Waals surface area contributed by atoms with Crippen molar-refractivity contribution in [1.82, 2.24) is 0 Å². The van der Waals surface area contributed by atoms with E-state index in [1.165, 1.54) is 5.56 Å². The molecule has 4 heteroatoms. The molecule has 2 nitrogen and oxygen atoms in total. The molecule has 16 heavy (non-hydrogen) atoms. The van der Waals surface area contributed by atoms with Crippen LogP contribution in [0.3, 0.4) is 0 Å². The van der Waals surface area contributed by atoms with Crippen LogP contribution in [-0.2, 0) is 0 Å². The van der Waals surface area contributed by atoms with Gasteiger partial charge in [0.1, 0.15) is 0 Å². The first-order valence-electron chi connectivity index (χ1n) is 5.34. The summed E-state index contributed by atoms with van der Waals surface area (Å²) in [5.74, 6) is 2.15. The summed E-state index contributed by atoms with van der Waals surface area (Å²) >= 11 is 7.56. The molecular weight excluding hydrogens is 242 g/mol. The summed E-state index contributed by atoms with van der Waals surface area (Å²) in [4.78, 5) is 0. The Bertz CT molecular complexity index is 304. The number of aliphatic hydroxyl groups excluding tert-OH is 1. The zero-order valence-electron chi connectivity index (χ0n) is 9.40. The standard InChI is InChI=1S/C12H18ClNOS/c1-9(7-16-8-12(15)6-14)10-2-4-11(13)5-3-10/h2-5,9,12,15H,6-8,14H2,1H3. The van der Waals surface area contributed by atoms with Gasteiger partial charge in [0.15, 0.2) is 0 Å². The minimum atomic E-state index is -0.387. The highest BCUT2D eigenvalue weighted by atomic mass is 35.5. The highest BCUT2D eigenvalue weighted by molar-refractivity contribution is 7.99. The van der Waals surface area contributed by atoms with E-state index >= 15 is 0 Å². The average Bonchev–Trinajstić information content (AvgIpc) is 2.29. The van der Waals surface area contributed by atoms with Crippen molar-refractivity contribution in [3.05, 3.63) is 34.9 Å². The highest BCUT2D eigenvalue weighted by Crippen LogP contribution is 2.22. The van der Waals surface area contributed by atoms with Gasteiger partial charge in [-0.3, -0.25) is 0 Å². The summed E-state index contributed by atoms with van der Waals surface area (Å²) in [7, 11) is 0. The summed E-state index contributed by atoms with van der Waals surface area (Å²) in [6.07, 6.45) is -0.387. The monoisotopic (exact) mass is 259 g/mol. The van der Waals surface area contributed by atoms with Gasteiger partial charge in [-0.15, -0.1) is 0 Å². The molecule has 0 amide bonds. The number of benzene rings is 1. The predicted molar refractivity (Wildman–Crippen MR) is 72.3 cm³/mol. The van der Waals surface area contributed by atoms with Crippen LogP contribution in [0.1, 0.15) is 18.4 Å². The Hall–Kier alpha value is -0.220. The smallest absolute Gasteiger partial charge is 0.0752 e. The van der Waals surface area contributed by atoms with Crippen molar-refractivity contribution in [1.29, 1.82) is 0 Å². The molecule has 0 bridgehead atoms. The molecule has 0 aliphatic rings. The van der Waals surface area contributed by atoms with Crippen LogP contribution in [0, 0.1) is 0 Å². The van der Waals surface area contributed by atoms with E-state index in [-0.39, 0.29) is 6.10 Å². The third-order valence-corrected chi connectivity index (χ3v) is 4.00. The van der Waals surface area contributed by atoms with E-state index in [0.717, 1.165) is 10.8 Å². The number of hydrogen-bond donors (Lipinski definition) is 2. The minimum absolute atomic E-state index is 0.336.